The smallest absolute Gasteiger partial charge is 0.324 e. The van der Waals surface area contributed by atoms with Crippen molar-refractivity contribution in [3.63, 3.8) is 0 Å². The Morgan fingerprint density at radius 2 is 2.04 bits per heavy atom. The lowest BCUT2D eigenvalue weighted by Gasteiger charge is -2.40. The summed E-state index contributed by atoms with van der Waals surface area (Å²) in [6.45, 7) is 4.82. The van der Waals surface area contributed by atoms with E-state index < -0.39 is 0 Å². The van der Waals surface area contributed by atoms with Gasteiger partial charge in [-0.15, -0.1) is 5.10 Å². The molecule has 7 nitrogen and oxygen atoms in total. The fourth-order valence-electron chi connectivity index (χ4n) is 4.30. The number of likely N-dealkylation sites (tertiary alicyclic amines) is 2. The van der Waals surface area contributed by atoms with E-state index in [2.05, 4.69) is 50.6 Å². The van der Waals surface area contributed by atoms with Crippen molar-refractivity contribution in [2.75, 3.05) is 31.5 Å². The van der Waals surface area contributed by atoms with Gasteiger partial charge in [-0.1, -0.05) is 30.3 Å². The van der Waals surface area contributed by atoms with Gasteiger partial charge in [0.15, 0.2) is 0 Å². The molecule has 138 valence electrons. The van der Waals surface area contributed by atoms with Gasteiger partial charge in [0.2, 0.25) is 5.95 Å². The summed E-state index contributed by atoms with van der Waals surface area (Å²) < 4.78 is 1.59. The molecule has 2 aromatic rings. The first-order valence-corrected chi connectivity index (χ1v) is 9.30. The molecule has 2 fully saturated rings. The number of anilines is 1. The minimum atomic E-state index is -0.0896. The van der Waals surface area contributed by atoms with Crippen LogP contribution in [0.3, 0.4) is 0 Å². The number of rotatable bonds is 3. The third-order valence-corrected chi connectivity index (χ3v) is 5.53. The van der Waals surface area contributed by atoms with Crippen molar-refractivity contribution in [3.8, 4) is 0 Å². The van der Waals surface area contributed by atoms with Crippen LogP contribution in [0.5, 0.6) is 0 Å². The molecule has 2 aliphatic heterocycles. The zero-order valence-corrected chi connectivity index (χ0v) is 15.3. The number of amides is 2. The number of hydrogen-bond donors (Lipinski definition) is 1. The molecule has 1 aromatic carbocycles. The Bertz CT molecular complexity index is 760. The Labute approximate surface area is 154 Å². The van der Waals surface area contributed by atoms with Crippen molar-refractivity contribution in [1.29, 1.82) is 0 Å². The summed E-state index contributed by atoms with van der Waals surface area (Å²) in [5.41, 5.74) is 1.58. The number of nitrogens with zero attached hydrogens (tertiary/aromatic N) is 5. The Hall–Kier alpha value is -2.41. The molecule has 0 radical (unpaired) electrons. The van der Waals surface area contributed by atoms with Crippen molar-refractivity contribution in [2.45, 2.75) is 25.8 Å². The molecule has 1 N–H and O–H groups in total. The van der Waals surface area contributed by atoms with Gasteiger partial charge in [0.05, 0.1) is 0 Å². The number of benzene rings is 1. The maximum absolute atomic E-state index is 12.5. The van der Waals surface area contributed by atoms with E-state index in [0.717, 1.165) is 39.1 Å². The van der Waals surface area contributed by atoms with Crippen LogP contribution in [0.2, 0.25) is 0 Å². The average Bonchev–Trinajstić information content (AvgIpc) is 3.22. The average molecular weight is 354 g/mol. The molecule has 1 aromatic heterocycles. The highest BCUT2D eigenvalue weighted by Gasteiger charge is 2.42. The van der Waals surface area contributed by atoms with Crippen molar-refractivity contribution in [1.82, 2.24) is 24.6 Å². The lowest BCUT2D eigenvalue weighted by molar-refractivity contribution is 0.0905. The molecule has 2 saturated heterocycles. The lowest BCUT2D eigenvalue weighted by atomic mass is 9.79. The van der Waals surface area contributed by atoms with Crippen LogP contribution in [0, 0.1) is 5.41 Å². The SMILES string of the molecule is Cn1cnc(NC(=O)N2CCC3(CCCN(Cc4ccccc4)C3)C2)n1. The van der Waals surface area contributed by atoms with Crippen molar-refractivity contribution >= 4 is 12.0 Å². The summed E-state index contributed by atoms with van der Waals surface area (Å²) in [5, 5.41) is 6.93. The second-order valence-electron chi connectivity index (χ2n) is 7.64. The number of aromatic nitrogens is 3. The van der Waals surface area contributed by atoms with Crippen LogP contribution in [0.4, 0.5) is 10.7 Å². The first kappa shape index (κ1) is 17.0. The summed E-state index contributed by atoms with van der Waals surface area (Å²) in [6.07, 6.45) is 5.05. The second-order valence-corrected chi connectivity index (χ2v) is 7.64. The number of piperidine rings is 1. The summed E-state index contributed by atoms with van der Waals surface area (Å²) in [7, 11) is 1.79. The van der Waals surface area contributed by atoms with Gasteiger partial charge in [-0.05, 0) is 31.4 Å². The summed E-state index contributed by atoms with van der Waals surface area (Å²) in [4.78, 5) is 21.1. The van der Waals surface area contributed by atoms with E-state index in [0.29, 0.717) is 5.95 Å². The molecule has 26 heavy (non-hydrogen) atoms. The van der Waals surface area contributed by atoms with Gasteiger partial charge in [0.25, 0.3) is 0 Å². The molecule has 0 bridgehead atoms. The van der Waals surface area contributed by atoms with Crippen LogP contribution in [0.25, 0.3) is 0 Å². The van der Waals surface area contributed by atoms with E-state index in [-0.39, 0.29) is 11.4 Å². The monoisotopic (exact) mass is 354 g/mol. The van der Waals surface area contributed by atoms with Gasteiger partial charge in [-0.25, -0.2) is 9.78 Å². The maximum Gasteiger partial charge on any atom is 0.324 e. The quantitative estimate of drug-likeness (QED) is 0.919. The zero-order chi connectivity index (χ0) is 18.0. The number of urea groups is 1. The van der Waals surface area contributed by atoms with E-state index in [1.807, 2.05) is 4.90 Å². The van der Waals surface area contributed by atoms with Crippen molar-refractivity contribution in [2.24, 2.45) is 12.5 Å². The number of nitrogens with one attached hydrogen (secondary N) is 1. The number of carbonyl (C=O) groups excluding carboxylic acids is 1. The molecule has 2 aliphatic rings. The Morgan fingerprint density at radius 1 is 1.19 bits per heavy atom. The maximum atomic E-state index is 12.5. The predicted octanol–water partition coefficient (Wildman–Crippen LogP) is 2.34. The van der Waals surface area contributed by atoms with Crippen LogP contribution in [0.15, 0.2) is 36.7 Å². The number of carbonyl (C=O) groups is 1. The summed E-state index contributed by atoms with van der Waals surface area (Å²) in [6, 6.07) is 10.6. The van der Waals surface area contributed by atoms with E-state index in [1.54, 1.807) is 18.1 Å². The lowest BCUT2D eigenvalue weighted by Crippen LogP contribution is -2.45. The van der Waals surface area contributed by atoms with Gasteiger partial charge >= 0.3 is 6.03 Å². The molecule has 1 spiro atoms. The third kappa shape index (κ3) is 3.72. The molecule has 0 saturated carbocycles. The topological polar surface area (TPSA) is 66.3 Å². The van der Waals surface area contributed by atoms with E-state index >= 15 is 0 Å². The normalized spacial score (nSPS) is 23.5. The zero-order valence-electron chi connectivity index (χ0n) is 15.3. The Morgan fingerprint density at radius 3 is 2.81 bits per heavy atom. The highest BCUT2D eigenvalue weighted by Crippen LogP contribution is 2.39. The number of aryl methyl sites for hydroxylation is 1. The molecular formula is C19H26N6O. The van der Waals surface area contributed by atoms with E-state index in [4.69, 9.17) is 0 Å². The van der Waals surface area contributed by atoms with Gasteiger partial charge in [0, 0.05) is 38.6 Å². The first-order chi connectivity index (χ1) is 12.6. The summed E-state index contributed by atoms with van der Waals surface area (Å²) >= 11 is 0. The standard InChI is InChI=1S/C19H26N6O/c1-23-15-20-17(22-23)21-18(26)25-11-9-19(14-25)8-5-10-24(13-19)12-16-6-3-2-4-7-16/h2-4,6-7,15H,5,8-14H2,1H3,(H,21,22,26). The van der Waals surface area contributed by atoms with Crippen LogP contribution < -0.4 is 5.32 Å². The minimum Gasteiger partial charge on any atom is -0.324 e. The van der Waals surface area contributed by atoms with Crippen LogP contribution in [0.1, 0.15) is 24.8 Å². The largest absolute Gasteiger partial charge is 0.324 e. The van der Waals surface area contributed by atoms with Gasteiger partial charge in [-0.3, -0.25) is 14.9 Å². The molecule has 7 heteroatoms. The van der Waals surface area contributed by atoms with Crippen LogP contribution in [-0.2, 0) is 13.6 Å². The molecule has 3 heterocycles. The molecular weight excluding hydrogens is 328 g/mol. The minimum absolute atomic E-state index is 0.0896. The number of hydrogen-bond acceptors (Lipinski definition) is 4. The van der Waals surface area contributed by atoms with Gasteiger partial charge in [0.1, 0.15) is 6.33 Å². The van der Waals surface area contributed by atoms with E-state index in [1.165, 1.54) is 18.4 Å². The van der Waals surface area contributed by atoms with Gasteiger partial charge < -0.3 is 4.90 Å². The summed E-state index contributed by atoms with van der Waals surface area (Å²) in [5.74, 6) is 0.368. The van der Waals surface area contributed by atoms with Crippen molar-refractivity contribution < 1.29 is 4.79 Å². The molecule has 1 unspecified atom stereocenters. The van der Waals surface area contributed by atoms with E-state index in [9.17, 15) is 4.79 Å². The van der Waals surface area contributed by atoms with Crippen molar-refractivity contribution in [3.05, 3.63) is 42.2 Å². The predicted molar refractivity (Wildman–Crippen MR) is 99.6 cm³/mol. The first-order valence-electron chi connectivity index (χ1n) is 9.30. The van der Waals surface area contributed by atoms with Gasteiger partial charge in [-0.2, -0.15) is 0 Å². The van der Waals surface area contributed by atoms with Crippen LogP contribution >= 0.6 is 0 Å². The fourth-order valence-corrected chi connectivity index (χ4v) is 4.30. The highest BCUT2D eigenvalue weighted by atomic mass is 16.2. The molecule has 2 amide bonds. The third-order valence-electron chi connectivity index (χ3n) is 5.53. The fraction of sp³-hybridized carbons (Fsp3) is 0.526. The molecule has 4 rings (SSSR count). The second kappa shape index (κ2) is 7.07. The van der Waals surface area contributed by atoms with Crippen LogP contribution in [-0.4, -0.2) is 56.8 Å². The molecule has 1 atom stereocenters. The Balaban J connectivity index is 1.36. The Kier molecular flexibility index (Phi) is 4.63. The molecule has 0 aliphatic carbocycles. The highest BCUT2D eigenvalue weighted by molar-refractivity contribution is 5.87.